The van der Waals surface area contributed by atoms with E-state index in [0.29, 0.717) is 19.4 Å². The number of hydrogen-bond donors (Lipinski definition) is 1. The van der Waals surface area contributed by atoms with Gasteiger partial charge in [-0.1, -0.05) is 6.92 Å². The fourth-order valence-corrected chi connectivity index (χ4v) is 2.04. The molecular weight excluding hydrogens is 287 g/mol. The minimum atomic E-state index is -4.72. The summed E-state index contributed by atoms with van der Waals surface area (Å²) in [5.41, 5.74) is -2.38. The number of aromatic amines is 1. The molecule has 1 unspecified atom stereocenters. The van der Waals surface area contributed by atoms with Crippen molar-refractivity contribution in [2.24, 2.45) is 0 Å². The summed E-state index contributed by atoms with van der Waals surface area (Å²) in [6.07, 6.45) is -3.91. The molecule has 0 spiro atoms. The van der Waals surface area contributed by atoms with Crippen LogP contribution in [0.4, 0.5) is 13.2 Å². The van der Waals surface area contributed by atoms with Crippen molar-refractivity contribution in [3.05, 3.63) is 27.7 Å². The minimum absolute atomic E-state index is 0.00196. The van der Waals surface area contributed by atoms with Gasteiger partial charge in [0.15, 0.2) is 0 Å². The lowest BCUT2D eigenvalue weighted by molar-refractivity contribution is -0.138. The first-order valence-corrected chi connectivity index (χ1v) is 6.53. The van der Waals surface area contributed by atoms with Gasteiger partial charge < -0.3 is 0 Å². The van der Waals surface area contributed by atoms with E-state index >= 15 is 0 Å². The van der Waals surface area contributed by atoms with Crippen LogP contribution < -0.4 is 5.56 Å². The molecule has 0 aliphatic rings. The molecule has 1 N–H and O–H groups in total. The lowest BCUT2D eigenvalue weighted by Crippen LogP contribution is -2.30. The van der Waals surface area contributed by atoms with Crippen LogP contribution in [0.2, 0.25) is 0 Å². The van der Waals surface area contributed by atoms with E-state index < -0.39 is 23.3 Å². The van der Waals surface area contributed by atoms with Gasteiger partial charge in [-0.15, -0.1) is 0 Å². The molecule has 21 heavy (non-hydrogen) atoms. The molecule has 1 aromatic heterocycles. The Morgan fingerprint density at radius 3 is 2.57 bits per heavy atom. The lowest BCUT2D eigenvalue weighted by atomic mass is 10.1. The quantitative estimate of drug-likeness (QED) is 0.874. The molecule has 0 aromatic carbocycles. The van der Waals surface area contributed by atoms with Crippen LogP contribution in [0.5, 0.6) is 0 Å². The predicted molar refractivity (Wildman–Crippen MR) is 70.8 cm³/mol. The Morgan fingerprint density at radius 2 is 2.10 bits per heavy atom. The molecule has 0 fully saturated rings. The number of nitrogens with one attached hydrogen (secondary N) is 1. The fraction of sp³-hybridized carbons (Fsp3) is 0.615. The van der Waals surface area contributed by atoms with E-state index in [0.717, 1.165) is 6.07 Å². The molecule has 5 nitrogen and oxygen atoms in total. The molecule has 0 aliphatic carbocycles. The van der Waals surface area contributed by atoms with E-state index in [1.165, 1.54) is 6.92 Å². The minimum Gasteiger partial charge on any atom is -0.300 e. The van der Waals surface area contributed by atoms with Crippen LogP contribution >= 0.6 is 0 Å². The third-order valence-electron chi connectivity index (χ3n) is 3.21. The standard InChI is InChI=1S/C13H18F3N3O2/c1-4-11(19(3)6-5-8(2)20)10-7-9(13(14,15)16)12(21)18-17-10/h7,11H,4-6H2,1-3H3,(H,18,21). The van der Waals surface area contributed by atoms with Crippen LogP contribution in [0.25, 0.3) is 0 Å². The average Bonchev–Trinajstić information content (AvgIpc) is 2.37. The number of nitrogens with zero attached hydrogens (tertiary/aromatic N) is 2. The van der Waals surface area contributed by atoms with Crippen molar-refractivity contribution in [3.8, 4) is 0 Å². The van der Waals surface area contributed by atoms with Gasteiger partial charge in [0.05, 0.1) is 11.7 Å². The maximum Gasteiger partial charge on any atom is 0.421 e. The molecule has 0 saturated heterocycles. The van der Waals surface area contributed by atoms with E-state index in [1.54, 1.807) is 18.9 Å². The van der Waals surface area contributed by atoms with Gasteiger partial charge in [-0.2, -0.15) is 18.3 Å². The summed E-state index contributed by atoms with van der Waals surface area (Å²) in [5.74, 6) is 0.00196. The largest absolute Gasteiger partial charge is 0.421 e. The predicted octanol–water partition coefficient (Wildman–Crippen LogP) is 2.15. The Labute approximate surface area is 120 Å². The van der Waals surface area contributed by atoms with Crippen LogP contribution in [0.15, 0.2) is 10.9 Å². The van der Waals surface area contributed by atoms with Crippen LogP contribution in [0.3, 0.4) is 0 Å². The summed E-state index contributed by atoms with van der Waals surface area (Å²) in [5, 5.41) is 5.60. The number of carbonyl (C=O) groups excluding carboxylic acids is 1. The number of ketones is 1. The second-order valence-corrected chi connectivity index (χ2v) is 4.89. The Bertz CT molecular complexity index is 554. The maximum atomic E-state index is 12.7. The first-order chi connectivity index (χ1) is 9.66. The van der Waals surface area contributed by atoms with Gasteiger partial charge >= 0.3 is 6.18 Å². The lowest BCUT2D eigenvalue weighted by Gasteiger charge is -2.26. The monoisotopic (exact) mass is 305 g/mol. The maximum absolute atomic E-state index is 12.7. The molecule has 0 radical (unpaired) electrons. The highest BCUT2D eigenvalue weighted by Crippen LogP contribution is 2.29. The number of H-pyrrole nitrogens is 1. The van der Waals surface area contributed by atoms with Gasteiger partial charge in [-0.25, -0.2) is 5.10 Å². The number of rotatable bonds is 6. The van der Waals surface area contributed by atoms with Gasteiger partial charge in [0, 0.05) is 13.0 Å². The summed E-state index contributed by atoms with van der Waals surface area (Å²) in [4.78, 5) is 24.0. The topological polar surface area (TPSA) is 66.1 Å². The zero-order valence-corrected chi connectivity index (χ0v) is 12.1. The molecule has 1 heterocycles. The molecule has 0 aliphatic heterocycles. The molecule has 0 amide bonds. The zero-order chi connectivity index (χ0) is 16.2. The third-order valence-corrected chi connectivity index (χ3v) is 3.21. The number of hydrogen-bond acceptors (Lipinski definition) is 4. The Hall–Kier alpha value is -1.70. The number of aromatic nitrogens is 2. The van der Waals surface area contributed by atoms with E-state index in [-0.39, 0.29) is 11.5 Å². The van der Waals surface area contributed by atoms with E-state index in [1.807, 2.05) is 5.10 Å². The summed E-state index contributed by atoms with van der Waals surface area (Å²) in [7, 11) is 1.71. The van der Waals surface area contributed by atoms with Crippen molar-refractivity contribution in [1.29, 1.82) is 0 Å². The van der Waals surface area contributed by atoms with E-state index in [4.69, 9.17) is 0 Å². The number of alkyl halides is 3. The molecule has 1 aromatic rings. The Balaban J connectivity index is 3.06. The molecular formula is C13H18F3N3O2. The molecule has 118 valence electrons. The number of Topliss-reactive ketones (excluding diaryl/α,β-unsaturated/α-hetero) is 1. The van der Waals surface area contributed by atoms with Crippen molar-refractivity contribution < 1.29 is 18.0 Å². The summed E-state index contributed by atoms with van der Waals surface area (Å²) in [6.45, 7) is 3.67. The van der Waals surface area contributed by atoms with Crippen molar-refractivity contribution in [3.63, 3.8) is 0 Å². The first kappa shape index (κ1) is 17.4. The summed E-state index contributed by atoms with van der Waals surface area (Å²) < 4.78 is 38.2. The van der Waals surface area contributed by atoms with E-state index in [2.05, 4.69) is 5.10 Å². The van der Waals surface area contributed by atoms with Crippen molar-refractivity contribution in [1.82, 2.24) is 15.1 Å². The number of carbonyl (C=O) groups is 1. The molecule has 8 heteroatoms. The summed E-state index contributed by atoms with van der Waals surface area (Å²) in [6, 6.07) is 0.374. The smallest absolute Gasteiger partial charge is 0.300 e. The van der Waals surface area contributed by atoms with Crippen LogP contribution in [0.1, 0.15) is 44.0 Å². The molecule has 1 atom stereocenters. The molecule has 1 rings (SSSR count). The van der Waals surface area contributed by atoms with Crippen LogP contribution in [-0.4, -0.2) is 34.5 Å². The highest BCUT2D eigenvalue weighted by Gasteiger charge is 2.35. The highest BCUT2D eigenvalue weighted by molar-refractivity contribution is 5.75. The fourth-order valence-electron chi connectivity index (χ4n) is 2.04. The van der Waals surface area contributed by atoms with Gasteiger partial charge in [0.2, 0.25) is 0 Å². The van der Waals surface area contributed by atoms with Crippen LogP contribution in [0, 0.1) is 0 Å². The van der Waals surface area contributed by atoms with Gasteiger partial charge in [0.25, 0.3) is 5.56 Å². The first-order valence-electron chi connectivity index (χ1n) is 6.53. The molecule has 0 saturated carbocycles. The molecule has 0 bridgehead atoms. The summed E-state index contributed by atoms with van der Waals surface area (Å²) >= 11 is 0. The van der Waals surface area contributed by atoms with Gasteiger partial charge in [-0.05, 0) is 26.5 Å². The zero-order valence-electron chi connectivity index (χ0n) is 12.1. The van der Waals surface area contributed by atoms with Crippen molar-refractivity contribution >= 4 is 5.78 Å². The average molecular weight is 305 g/mol. The van der Waals surface area contributed by atoms with Gasteiger partial charge in [0.1, 0.15) is 11.3 Å². The normalized spacial score (nSPS) is 13.5. The third kappa shape index (κ3) is 4.66. The highest BCUT2D eigenvalue weighted by atomic mass is 19.4. The SMILES string of the molecule is CCC(c1cc(C(F)(F)F)c(=O)[nH]n1)N(C)CCC(C)=O. The van der Waals surface area contributed by atoms with Gasteiger partial charge in [-0.3, -0.25) is 14.5 Å². The van der Waals surface area contributed by atoms with Crippen molar-refractivity contribution in [2.75, 3.05) is 13.6 Å². The second kappa shape index (κ2) is 6.84. The Morgan fingerprint density at radius 1 is 1.48 bits per heavy atom. The van der Waals surface area contributed by atoms with E-state index in [9.17, 15) is 22.8 Å². The van der Waals surface area contributed by atoms with Crippen LogP contribution in [-0.2, 0) is 11.0 Å². The van der Waals surface area contributed by atoms with Crippen molar-refractivity contribution in [2.45, 2.75) is 38.9 Å². The number of halogens is 3. The second-order valence-electron chi connectivity index (χ2n) is 4.89. The Kier molecular flexibility index (Phi) is 5.65.